The number of hydrogen-bond donors (Lipinski definition) is 0. The molecule has 1 aliphatic carbocycles. The zero-order valence-electron chi connectivity index (χ0n) is 8.46. The minimum Gasteiger partial charge on any atom is -0.342 e. The van der Waals surface area contributed by atoms with Crippen molar-refractivity contribution in [1.29, 1.82) is 0 Å². The molecule has 2 heteroatoms. The van der Waals surface area contributed by atoms with Crippen LogP contribution in [0, 0.1) is 5.92 Å². The molecule has 0 spiro atoms. The van der Waals surface area contributed by atoms with Crippen LogP contribution in [-0.2, 0) is 4.79 Å². The first-order valence-corrected chi connectivity index (χ1v) is 5.11. The van der Waals surface area contributed by atoms with Gasteiger partial charge in [-0.3, -0.25) is 4.79 Å². The van der Waals surface area contributed by atoms with Crippen molar-refractivity contribution >= 4 is 5.91 Å². The molecule has 1 fully saturated rings. The number of hydrogen-bond acceptors (Lipinski definition) is 1. The Morgan fingerprint density at radius 1 is 1.46 bits per heavy atom. The van der Waals surface area contributed by atoms with E-state index in [1.54, 1.807) is 11.0 Å². The monoisotopic (exact) mass is 181 g/mol. The molecule has 0 radical (unpaired) electrons. The summed E-state index contributed by atoms with van der Waals surface area (Å²) in [5.41, 5.74) is 0. The normalized spacial score (nSPS) is 18.2. The Morgan fingerprint density at radius 3 is 2.62 bits per heavy atom. The van der Waals surface area contributed by atoms with E-state index in [-0.39, 0.29) is 0 Å². The fraction of sp³-hybridized carbons (Fsp3) is 0.727. The highest BCUT2D eigenvalue weighted by molar-refractivity contribution is 5.78. The van der Waals surface area contributed by atoms with E-state index in [2.05, 4.69) is 6.58 Å². The van der Waals surface area contributed by atoms with Crippen LogP contribution in [0.5, 0.6) is 0 Å². The highest BCUT2D eigenvalue weighted by atomic mass is 16.2. The lowest BCUT2D eigenvalue weighted by Crippen LogP contribution is -2.33. The average molecular weight is 181 g/mol. The summed E-state index contributed by atoms with van der Waals surface area (Å²) in [5, 5.41) is 0. The van der Waals surface area contributed by atoms with Gasteiger partial charge in [0.25, 0.3) is 0 Å². The molecule has 0 bridgehead atoms. The van der Waals surface area contributed by atoms with E-state index in [1.165, 1.54) is 19.3 Å². The lowest BCUT2D eigenvalue weighted by Gasteiger charge is -2.25. The molecule has 0 N–H and O–H groups in total. The summed E-state index contributed by atoms with van der Waals surface area (Å²) < 4.78 is 0. The minimum absolute atomic E-state index is 0.290. The first kappa shape index (κ1) is 10.3. The fourth-order valence-electron chi connectivity index (χ4n) is 1.94. The molecule has 0 atom stereocenters. The van der Waals surface area contributed by atoms with E-state index >= 15 is 0 Å². The molecule has 0 unspecified atom stereocenters. The van der Waals surface area contributed by atoms with Crippen molar-refractivity contribution < 1.29 is 4.79 Å². The van der Waals surface area contributed by atoms with Gasteiger partial charge in [-0.15, -0.1) is 6.58 Å². The molecule has 0 aromatic rings. The number of rotatable bonds is 3. The second-order valence-electron chi connectivity index (χ2n) is 3.84. The highest BCUT2D eigenvalue weighted by Crippen LogP contribution is 2.24. The van der Waals surface area contributed by atoms with Crippen LogP contribution < -0.4 is 0 Å². The summed E-state index contributed by atoms with van der Waals surface area (Å²) in [6.07, 6.45) is 7.69. The molecule has 1 aliphatic rings. The van der Waals surface area contributed by atoms with Crippen molar-refractivity contribution in [3.63, 3.8) is 0 Å². The number of amides is 1. The van der Waals surface area contributed by atoms with Gasteiger partial charge in [-0.25, -0.2) is 0 Å². The van der Waals surface area contributed by atoms with Crippen LogP contribution in [0.3, 0.4) is 0 Å². The van der Waals surface area contributed by atoms with E-state index in [4.69, 9.17) is 0 Å². The molecule has 74 valence electrons. The Kier molecular flexibility index (Phi) is 4.00. The van der Waals surface area contributed by atoms with E-state index in [0.717, 1.165) is 12.8 Å². The predicted molar refractivity (Wildman–Crippen MR) is 54.4 cm³/mol. The quantitative estimate of drug-likeness (QED) is 0.611. The van der Waals surface area contributed by atoms with Crippen molar-refractivity contribution in [2.75, 3.05) is 13.6 Å². The number of nitrogens with zero attached hydrogens (tertiary/aromatic N) is 1. The van der Waals surface area contributed by atoms with Gasteiger partial charge in [0.15, 0.2) is 0 Å². The minimum atomic E-state index is 0.290. The third-order valence-corrected chi connectivity index (χ3v) is 2.73. The molecule has 0 aromatic carbocycles. The standard InChI is InChI=1S/C11H19NO/c1-3-9-12(2)11(13)10-7-5-4-6-8-10/h3,10H,1,4-9H2,2H3. The molecule has 0 aliphatic heterocycles. The van der Waals surface area contributed by atoms with Gasteiger partial charge in [-0.05, 0) is 12.8 Å². The van der Waals surface area contributed by atoms with Gasteiger partial charge < -0.3 is 4.90 Å². The molecule has 1 rings (SSSR count). The van der Waals surface area contributed by atoms with Gasteiger partial charge in [-0.2, -0.15) is 0 Å². The highest BCUT2D eigenvalue weighted by Gasteiger charge is 2.22. The van der Waals surface area contributed by atoms with E-state index in [0.29, 0.717) is 18.4 Å². The van der Waals surface area contributed by atoms with E-state index in [1.807, 2.05) is 7.05 Å². The summed E-state index contributed by atoms with van der Waals surface area (Å²) in [6.45, 7) is 4.31. The van der Waals surface area contributed by atoms with Crippen LogP contribution in [0.4, 0.5) is 0 Å². The molecule has 1 saturated carbocycles. The van der Waals surface area contributed by atoms with Gasteiger partial charge in [0.2, 0.25) is 5.91 Å². The first-order chi connectivity index (χ1) is 6.25. The largest absolute Gasteiger partial charge is 0.342 e. The van der Waals surface area contributed by atoms with Gasteiger partial charge >= 0.3 is 0 Å². The van der Waals surface area contributed by atoms with Crippen molar-refractivity contribution in [2.24, 2.45) is 5.92 Å². The molecule has 13 heavy (non-hydrogen) atoms. The SMILES string of the molecule is C=CCN(C)C(=O)C1CCCCC1. The van der Waals surface area contributed by atoms with Gasteiger partial charge in [-0.1, -0.05) is 25.3 Å². The van der Waals surface area contributed by atoms with E-state index in [9.17, 15) is 4.79 Å². The topological polar surface area (TPSA) is 20.3 Å². The Labute approximate surface area is 80.6 Å². The zero-order chi connectivity index (χ0) is 9.68. The van der Waals surface area contributed by atoms with Gasteiger partial charge in [0.1, 0.15) is 0 Å². The number of likely N-dealkylation sites (N-methyl/N-ethyl adjacent to an activating group) is 1. The Balaban J connectivity index is 2.40. The molecule has 0 heterocycles. The molecular weight excluding hydrogens is 162 g/mol. The molecule has 0 saturated heterocycles. The van der Waals surface area contributed by atoms with Crippen molar-refractivity contribution in [1.82, 2.24) is 4.90 Å². The van der Waals surface area contributed by atoms with Crippen LogP contribution in [0.1, 0.15) is 32.1 Å². The van der Waals surface area contributed by atoms with Crippen molar-refractivity contribution in [3.8, 4) is 0 Å². The van der Waals surface area contributed by atoms with Crippen LogP contribution in [-0.4, -0.2) is 24.4 Å². The maximum absolute atomic E-state index is 11.8. The number of carbonyl (C=O) groups excluding carboxylic acids is 1. The second kappa shape index (κ2) is 5.05. The fourth-order valence-corrected chi connectivity index (χ4v) is 1.94. The summed E-state index contributed by atoms with van der Waals surface area (Å²) in [7, 11) is 1.86. The first-order valence-electron chi connectivity index (χ1n) is 5.11. The molecular formula is C11H19NO. The Hall–Kier alpha value is -0.790. The van der Waals surface area contributed by atoms with Crippen LogP contribution >= 0.6 is 0 Å². The third kappa shape index (κ3) is 2.87. The van der Waals surface area contributed by atoms with Crippen molar-refractivity contribution in [2.45, 2.75) is 32.1 Å². The van der Waals surface area contributed by atoms with Gasteiger partial charge in [0, 0.05) is 19.5 Å². The van der Waals surface area contributed by atoms with Crippen molar-refractivity contribution in [3.05, 3.63) is 12.7 Å². The Morgan fingerprint density at radius 2 is 2.08 bits per heavy atom. The lowest BCUT2D eigenvalue weighted by atomic mass is 9.88. The summed E-state index contributed by atoms with van der Waals surface area (Å²) in [6, 6.07) is 0. The summed E-state index contributed by atoms with van der Waals surface area (Å²) in [4.78, 5) is 13.5. The van der Waals surface area contributed by atoms with Crippen LogP contribution in [0.2, 0.25) is 0 Å². The molecule has 2 nitrogen and oxygen atoms in total. The smallest absolute Gasteiger partial charge is 0.225 e. The maximum Gasteiger partial charge on any atom is 0.225 e. The second-order valence-corrected chi connectivity index (χ2v) is 3.84. The zero-order valence-corrected chi connectivity index (χ0v) is 8.46. The Bertz CT molecular complexity index is 183. The maximum atomic E-state index is 11.8. The number of carbonyl (C=O) groups is 1. The average Bonchev–Trinajstić information content (AvgIpc) is 2.18. The summed E-state index contributed by atoms with van der Waals surface area (Å²) in [5.74, 6) is 0.596. The summed E-state index contributed by atoms with van der Waals surface area (Å²) >= 11 is 0. The van der Waals surface area contributed by atoms with E-state index < -0.39 is 0 Å². The van der Waals surface area contributed by atoms with Crippen LogP contribution in [0.25, 0.3) is 0 Å². The van der Waals surface area contributed by atoms with Gasteiger partial charge in [0.05, 0.1) is 0 Å². The lowest BCUT2D eigenvalue weighted by molar-refractivity contribution is -0.134. The predicted octanol–water partition coefficient (Wildman–Crippen LogP) is 2.21. The van der Waals surface area contributed by atoms with Crippen LogP contribution in [0.15, 0.2) is 12.7 Å². The third-order valence-electron chi connectivity index (χ3n) is 2.73. The molecule has 1 amide bonds. The molecule has 0 aromatic heterocycles.